The van der Waals surface area contributed by atoms with Gasteiger partial charge in [-0.2, -0.15) is 4.31 Å². The zero-order valence-electron chi connectivity index (χ0n) is 21.2. The normalized spacial score (nSPS) is 14.3. The van der Waals surface area contributed by atoms with Gasteiger partial charge in [0, 0.05) is 43.3 Å². The van der Waals surface area contributed by atoms with Crippen molar-refractivity contribution >= 4 is 33.3 Å². The molecule has 0 radical (unpaired) electrons. The smallest absolute Gasteiger partial charge is 0.243 e. The Bertz CT molecular complexity index is 1370. The van der Waals surface area contributed by atoms with Gasteiger partial charge in [0.25, 0.3) is 0 Å². The molecule has 0 bridgehead atoms. The number of hydrogen-bond donors (Lipinski definition) is 0. The van der Waals surface area contributed by atoms with Crippen LogP contribution in [0, 0.1) is 0 Å². The van der Waals surface area contributed by atoms with Crippen LogP contribution in [0.1, 0.15) is 6.42 Å². The van der Waals surface area contributed by atoms with Gasteiger partial charge < -0.3 is 14.5 Å². The summed E-state index contributed by atoms with van der Waals surface area (Å²) in [6.07, 6.45) is 2.19. The maximum absolute atomic E-state index is 13.2. The standard InChI is InChI=1S/C27H30ClN5O4S/c1-3-14-33(38(35,36)24-10-8-22(28)9-11-24)20-27(34)32-16-5-15-31(17-18-32)26-13-12-25(29-30-26)21-6-4-7-23(19-21)37-2/h3-4,6-13,19H,1,5,14-18,20H2,2H3. The van der Waals surface area contributed by atoms with Crippen molar-refractivity contribution in [3.8, 4) is 17.0 Å². The number of halogens is 1. The van der Waals surface area contributed by atoms with Crippen molar-refractivity contribution in [3.63, 3.8) is 0 Å². The lowest BCUT2D eigenvalue weighted by molar-refractivity contribution is -0.131. The number of hydrogen-bond acceptors (Lipinski definition) is 7. The van der Waals surface area contributed by atoms with Gasteiger partial charge in [-0.15, -0.1) is 16.8 Å². The highest BCUT2D eigenvalue weighted by Gasteiger charge is 2.28. The lowest BCUT2D eigenvalue weighted by atomic mass is 10.1. The van der Waals surface area contributed by atoms with Crippen LogP contribution in [0.2, 0.25) is 5.02 Å². The van der Waals surface area contributed by atoms with E-state index < -0.39 is 10.0 Å². The fourth-order valence-electron chi connectivity index (χ4n) is 4.22. The molecule has 11 heteroatoms. The fraction of sp³-hybridized carbons (Fsp3) is 0.296. The molecule has 0 saturated carbocycles. The first kappa shape index (κ1) is 27.6. The number of carbonyl (C=O) groups excluding carboxylic acids is 1. The molecule has 0 spiro atoms. The molecule has 1 saturated heterocycles. The molecule has 9 nitrogen and oxygen atoms in total. The van der Waals surface area contributed by atoms with Gasteiger partial charge in [-0.25, -0.2) is 8.42 Å². The molecule has 1 fully saturated rings. The second kappa shape index (κ2) is 12.4. The molecule has 1 aliphatic heterocycles. The van der Waals surface area contributed by atoms with Crippen molar-refractivity contribution in [2.24, 2.45) is 0 Å². The van der Waals surface area contributed by atoms with Crippen LogP contribution in [-0.4, -0.2) is 80.1 Å². The maximum Gasteiger partial charge on any atom is 0.243 e. The number of carbonyl (C=O) groups is 1. The topological polar surface area (TPSA) is 95.9 Å². The number of ether oxygens (including phenoxy) is 1. The third-order valence-corrected chi connectivity index (χ3v) is 8.36. The first-order chi connectivity index (χ1) is 18.3. The van der Waals surface area contributed by atoms with E-state index >= 15 is 0 Å². The predicted octanol–water partition coefficient (Wildman–Crippen LogP) is 3.72. The Morgan fingerprint density at radius 2 is 1.87 bits per heavy atom. The third-order valence-electron chi connectivity index (χ3n) is 6.28. The SMILES string of the molecule is C=CCN(CC(=O)N1CCCN(c2ccc(-c3cccc(OC)c3)nn2)CC1)S(=O)(=O)c1ccc(Cl)cc1. The van der Waals surface area contributed by atoms with Gasteiger partial charge in [0.05, 0.1) is 24.2 Å². The second-order valence-electron chi connectivity index (χ2n) is 8.77. The fourth-order valence-corrected chi connectivity index (χ4v) is 5.71. The van der Waals surface area contributed by atoms with Crippen LogP contribution in [0.4, 0.5) is 5.82 Å². The lowest BCUT2D eigenvalue weighted by Gasteiger charge is -2.26. The number of nitrogens with zero attached hydrogens (tertiary/aromatic N) is 5. The van der Waals surface area contributed by atoms with E-state index in [4.69, 9.17) is 16.3 Å². The minimum Gasteiger partial charge on any atom is -0.497 e. The van der Waals surface area contributed by atoms with Gasteiger partial charge in [-0.1, -0.05) is 29.8 Å². The highest BCUT2D eigenvalue weighted by Crippen LogP contribution is 2.23. The summed E-state index contributed by atoms with van der Waals surface area (Å²) in [5.74, 6) is 1.22. The van der Waals surface area contributed by atoms with Crippen molar-refractivity contribution in [3.05, 3.63) is 78.3 Å². The zero-order valence-corrected chi connectivity index (χ0v) is 22.7. The largest absolute Gasteiger partial charge is 0.497 e. The minimum absolute atomic E-state index is 0.0197. The number of methoxy groups -OCH3 is 1. The molecule has 1 amide bonds. The summed E-state index contributed by atoms with van der Waals surface area (Å²) in [7, 11) is -2.27. The molecule has 3 aromatic rings. The Balaban J connectivity index is 1.40. The maximum atomic E-state index is 13.2. The van der Waals surface area contributed by atoms with Gasteiger partial charge in [0.15, 0.2) is 5.82 Å². The third kappa shape index (κ3) is 6.50. The zero-order chi connectivity index (χ0) is 27.1. The van der Waals surface area contributed by atoms with Gasteiger partial charge in [-0.3, -0.25) is 4.79 Å². The highest BCUT2D eigenvalue weighted by molar-refractivity contribution is 7.89. The van der Waals surface area contributed by atoms with Gasteiger partial charge >= 0.3 is 0 Å². The molecular weight excluding hydrogens is 526 g/mol. The average molecular weight is 556 g/mol. The van der Waals surface area contributed by atoms with Gasteiger partial charge in [0.1, 0.15) is 5.75 Å². The van der Waals surface area contributed by atoms with Crippen LogP contribution in [0.25, 0.3) is 11.3 Å². The molecule has 1 aliphatic rings. The molecule has 0 N–H and O–H groups in total. The van der Waals surface area contributed by atoms with Crippen LogP contribution >= 0.6 is 11.6 Å². The van der Waals surface area contributed by atoms with E-state index in [9.17, 15) is 13.2 Å². The summed E-state index contributed by atoms with van der Waals surface area (Å²) in [4.78, 5) is 17.0. The molecule has 38 heavy (non-hydrogen) atoms. The Labute approximate surface area is 228 Å². The molecule has 0 atom stereocenters. The molecule has 4 rings (SSSR count). The summed E-state index contributed by atoms with van der Waals surface area (Å²) in [6, 6.07) is 17.4. The van der Waals surface area contributed by atoms with Crippen molar-refractivity contribution < 1.29 is 17.9 Å². The highest BCUT2D eigenvalue weighted by atomic mass is 35.5. The second-order valence-corrected chi connectivity index (χ2v) is 11.1. The Hall–Kier alpha value is -3.47. The number of amides is 1. The predicted molar refractivity (Wildman–Crippen MR) is 148 cm³/mol. The van der Waals surface area contributed by atoms with Crippen LogP contribution in [-0.2, 0) is 14.8 Å². The summed E-state index contributed by atoms with van der Waals surface area (Å²) < 4.78 is 32.7. The number of anilines is 1. The van der Waals surface area contributed by atoms with Gasteiger partial charge in [0.2, 0.25) is 15.9 Å². The van der Waals surface area contributed by atoms with E-state index in [0.717, 1.165) is 33.6 Å². The molecule has 2 heterocycles. The average Bonchev–Trinajstić information content (AvgIpc) is 3.20. The first-order valence-corrected chi connectivity index (χ1v) is 14.0. The quantitative estimate of drug-likeness (QED) is 0.371. The van der Waals surface area contributed by atoms with E-state index in [1.807, 2.05) is 36.4 Å². The summed E-state index contributed by atoms with van der Waals surface area (Å²) in [5, 5.41) is 9.24. The van der Waals surface area contributed by atoms with Crippen molar-refractivity contribution in [1.29, 1.82) is 0 Å². The van der Waals surface area contributed by atoms with E-state index in [1.165, 1.54) is 30.3 Å². The summed E-state index contributed by atoms with van der Waals surface area (Å²) in [6.45, 7) is 5.64. The van der Waals surface area contributed by atoms with Crippen LogP contribution < -0.4 is 9.64 Å². The van der Waals surface area contributed by atoms with Crippen molar-refractivity contribution in [1.82, 2.24) is 19.4 Å². The Kier molecular flexibility index (Phi) is 8.98. The molecule has 0 unspecified atom stereocenters. The van der Waals surface area contributed by atoms with Gasteiger partial charge in [-0.05, 0) is 55.0 Å². The molecule has 200 valence electrons. The van der Waals surface area contributed by atoms with E-state index in [0.29, 0.717) is 31.2 Å². The van der Waals surface area contributed by atoms with E-state index in [2.05, 4.69) is 21.7 Å². The van der Waals surface area contributed by atoms with Crippen molar-refractivity contribution in [2.45, 2.75) is 11.3 Å². The number of rotatable bonds is 9. The number of aromatic nitrogens is 2. The molecule has 1 aromatic heterocycles. The lowest BCUT2D eigenvalue weighted by Crippen LogP contribution is -2.44. The van der Waals surface area contributed by atoms with E-state index in [1.54, 1.807) is 12.0 Å². The minimum atomic E-state index is -3.89. The van der Waals surface area contributed by atoms with Crippen molar-refractivity contribution in [2.75, 3.05) is 51.3 Å². The monoisotopic (exact) mass is 555 g/mol. The Morgan fingerprint density at radius 1 is 1.08 bits per heavy atom. The molecule has 0 aliphatic carbocycles. The molecular formula is C27H30ClN5O4S. The number of sulfonamides is 1. The summed E-state index contributed by atoms with van der Waals surface area (Å²) in [5.41, 5.74) is 1.65. The Morgan fingerprint density at radius 3 is 2.55 bits per heavy atom. The van der Waals surface area contributed by atoms with E-state index in [-0.39, 0.29) is 23.9 Å². The summed E-state index contributed by atoms with van der Waals surface area (Å²) >= 11 is 5.90. The van der Waals surface area contributed by atoms with Crippen LogP contribution in [0.5, 0.6) is 5.75 Å². The first-order valence-electron chi connectivity index (χ1n) is 12.2. The molecule has 2 aromatic carbocycles. The van der Waals surface area contributed by atoms with Crippen LogP contribution in [0.15, 0.2) is 78.2 Å². The number of benzene rings is 2. The van der Waals surface area contributed by atoms with Crippen LogP contribution in [0.3, 0.4) is 0 Å².